The lowest BCUT2D eigenvalue weighted by Crippen LogP contribution is -2.37. The third kappa shape index (κ3) is 2.89. The van der Waals surface area contributed by atoms with Crippen LogP contribution in [0, 0.1) is 13.8 Å². The molecule has 0 amide bonds. The Morgan fingerprint density at radius 2 is 2.07 bits per heavy atom. The van der Waals surface area contributed by atoms with Crippen LogP contribution >= 0.6 is 0 Å². The van der Waals surface area contributed by atoms with Gasteiger partial charge in [-0.25, -0.2) is 9.97 Å². The monoisotopic (exact) mass is 207 g/mol. The van der Waals surface area contributed by atoms with E-state index in [9.17, 15) is 0 Å². The van der Waals surface area contributed by atoms with E-state index in [2.05, 4.69) is 15.3 Å². The van der Waals surface area contributed by atoms with Crippen molar-refractivity contribution in [2.45, 2.75) is 32.8 Å². The maximum absolute atomic E-state index is 5.73. The second kappa shape index (κ2) is 4.57. The largest absolute Gasteiger partial charge is 0.459 e. The first-order valence-electron chi connectivity index (χ1n) is 5.44. The lowest BCUT2D eigenvalue weighted by Gasteiger charge is -2.22. The van der Waals surface area contributed by atoms with Crippen molar-refractivity contribution in [2.24, 2.45) is 0 Å². The smallest absolute Gasteiger partial charge is 0.317 e. The minimum Gasteiger partial charge on any atom is -0.459 e. The van der Waals surface area contributed by atoms with Crippen molar-refractivity contribution in [3.8, 4) is 6.01 Å². The Hall–Kier alpha value is -1.16. The van der Waals surface area contributed by atoms with E-state index in [0.29, 0.717) is 6.01 Å². The molecule has 0 aromatic carbocycles. The van der Waals surface area contributed by atoms with Crippen LogP contribution in [-0.4, -0.2) is 29.2 Å². The third-order valence-corrected chi connectivity index (χ3v) is 2.49. The lowest BCUT2D eigenvalue weighted by atomic mass is 10.1. The fourth-order valence-corrected chi connectivity index (χ4v) is 1.82. The van der Waals surface area contributed by atoms with Gasteiger partial charge in [0, 0.05) is 17.9 Å². The normalized spacial score (nSPS) is 21.3. The predicted octanol–water partition coefficient (Wildman–Crippen LogP) is 1.22. The molecular formula is C11H17N3O. The van der Waals surface area contributed by atoms with E-state index in [1.54, 1.807) is 0 Å². The average molecular weight is 207 g/mol. The molecule has 0 aliphatic carbocycles. The fraction of sp³-hybridized carbons (Fsp3) is 0.636. The summed E-state index contributed by atoms with van der Waals surface area (Å²) in [5.41, 5.74) is 1.92. The Morgan fingerprint density at radius 3 is 2.67 bits per heavy atom. The summed E-state index contributed by atoms with van der Waals surface area (Å²) < 4.78 is 5.73. The van der Waals surface area contributed by atoms with Gasteiger partial charge in [-0.2, -0.15) is 0 Å². The fourth-order valence-electron chi connectivity index (χ4n) is 1.82. The SMILES string of the molecule is Cc1cc(C)nc(OC2CCCNC2)n1. The van der Waals surface area contributed by atoms with Gasteiger partial charge in [-0.1, -0.05) is 0 Å². The van der Waals surface area contributed by atoms with Crippen molar-refractivity contribution in [2.75, 3.05) is 13.1 Å². The summed E-state index contributed by atoms with van der Waals surface area (Å²) in [5, 5.41) is 3.30. The molecule has 1 unspecified atom stereocenters. The summed E-state index contributed by atoms with van der Waals surface area (Å²) in [6, 6.07) is 2.47. The maximum atomic E-state index is 5.73. The Kier molecular flexibility index (Phi) is 3.16. The quantitative estimate of drug-likeness (QED) is 0.792. The molecule has 1 atom stereocenters. The van der Waals surface area contributed by atoms with Crippen molar-refractivity contribution >= 4 is 0 Å². The van der Waals surface area contributed by atoms with Gasteiger partial charge in [0.05, 0.1) is 0 Å². The molecule has 0 saturated carbocycles. The van der Waals surface area contributed by atoms with E-state index in [0.717, 1.165) is 37.3 Å². The number of nitrogens with one attached hydrogen (secondary N) is 1. The van der Waals surface area contributed by atoms with Gasteiger partial charge in [0.25, 0.3) is 0 Å². The van der Waals surface area contributed by atoms with Gasteiger partial charge in [-0.15, -0.1) is 0 Å². The molecule has 0 radical (unpaired) electrons. The second-order valence-corrected chi connectivity index (χ2v) is 4.02. The summed E-state index contributed by atoms with van der Waals surface area (Å²) in [5.74, 6) is 0. The van der Waals surface area contributed by atoms with Gasteiger partial charge in [-0.3, -0.25) is 0 Å². The molecule has 1 fully saturated rings. The molecule has 82 valence electrons. The standard InChI is InChI=1S/C11H17N3O/c1-8-6-9(2)14-11(13-8)15-10-4-3-5-12-7-10/h6,10,12H,3-5,7H2,1-2H3. The van der Waals surface area contributed by atoms with Gasteiger partial charge in [0.2, 0.25) is 0 Å². The number of rotatable bonds is 2. The van der Waals surface area contributed by atoms with Crippen molar-refractivity contribution in [3.05, 3.63) is 17.5 Å². The van der Waals surface area contributed by atoms with Crippen LogP contribution in [-0.2, 0) is 0 Å². The summed E-state index contributed by atoms with van der Waals surface area (Å²) in [4.78, 5) is 8.53. The van der Waals surface area contributed by atoms with E-state index >= 15 is 0 Å². The van der Waals surface area contributed by atoms with Crippen molar-refractivity contribution in [3.63, 3.8) is 0 Å². The van der Waals surface area contributed by atoms with Crippen LogP contribution < -0.4 is 10.1 Å². The highest BCUT2D eigenvalue weighted by Crippen LogP contribution is 2.12. The first-order chi connectivity index (χ1) is 7.24. The lowest BCUT2D eigenvalue weighted by molar-refractivity contribution is 0.153. The molecule has 1 aliphatic heterocycles. The second-order valence-electron chi connectivity index (χ2n) is 4.02. The Balaban J connectivity index is 2.02. The van der Waals surface area contributed by atoms with Crippen LogP contribution in [0.2, 0.25) is 0 Å². The van der Waals surface area contributed by atoms with Gasteiger partial charge in [-0.05, 0) is 39.3 Å². The summed E-state index contributed by atoms with van der Waals surface area (Å²) in [7, 11) is 0. The number of aromatic nitrogens is 2. The van der Waals surface area contributed by atoms with Gasteiger partial charge in [0.15, 0.2) is 0 Å². The van der Waals surface area contributed by atoms with Crippen LogP contribution in [0.4, 0.5) is 0 Å². The number of piperidine rings is 1. The van der Waals surface area contributed by atoms with E-state index in [4.69, 9.17) is 4.74 Å². The minimum atomic E-state index is 0.222. The zero-order valence-electron chi connectivity index (χ0n) is 9.29. The molecule has 1 aromatic rings. The van der Waals surface area contributed by atoms with E-state index in [1.807, 2.05) is 19.9 Å². The van der Waals surface area contributed by atoms with Gasteiger partial charge < -0.3 is 10.1 Å². The summed E-state index contributed by atoms with van der Waals surface area (Å²) in [6.07, 6.45) is 2.47. The molecule has 4 heteroatoms. The molecule has 2 rings (SSSR count). The molecule has 1 aliphatic rings. The Bertz CT molecular complexity index is 314. The first kappa shape index (κ1) is 10.4. The van der Waals surface area contributed by atoms with Crippen LogP contribution in [0.5, 0.6) is 6.01 Å². The average Bonchev–Trinajstić information content (AvgIpc) is 2.17. The highest BCUT2D eigenvalue weighted by atomic mass is 16.5. The van der Waals surface area contributed by atoms with Gasteiger partial charge >= 0.3 is 6.01 Å². The van der Waals surface area contributed by atoms with Crippen molar-refractivity contribution < 1.29 is 4.74 Å². The Labute approximate surface area is 90.1 Å². The zero-order chi connectivity index (χ0) is 10.7. The highest BCUT2D eigenvalue weighted by Gasteiger charge is 2.15. The number of hydrogen-bond donors (Lipinski definition) is 1. The summed E-state index contributed by atoms with van der Waals surface area (Å²) in [6.45, 7) is 5.91. The summed E-state index contributed by atoms with van der Waals surface area (Å²) >= 11 is 0. The van der Waals surface area contributed by atoms with Gasteiger partial charge in [0.1, 0.15) is 6.10 Å². The van der Waals surface area contributed by atoms with Crippen LogP contribution in [0.25, 0.3) is 0 Å². The molecule has 1 aromatic heterocycles. The molecule has 2 heterocycles. The van der Waals surface area contributed by atoms with Crippen LogP contribution in [0.1, 0.15) is 24.2 Å². The topological polar surface area (TPSA) is 47.0 Å². The number of aryl methyl sites for hydroxylation is 2. The van der Waals surface area contributed by atoms with E-state index in [-0.39, 0.29) is 6.10 Å². The Morgan fingerprint density at radius 1 is 1.33 bits per heavy atom. The molecule has 1 N–H and O–H groups in total. The molecule has 4 nitrogen and oxygen atoms in total. The van der Waals surface area contributed by atoms with E-state index in [1.165, 1.54) is 0 Å². The predicted molar refractivity (Wildman–Crippen MR) is 58.0 cm³/mol. The van der Waals surface area contributed by atoms with Crippen LogP contribution in [0.3, 0.4) is 0 Å². The highest BCUT2D eigenvalue weighted by molar-refractivity contribution is 5.11. The zero-order valence-corrected chi connectivity index (χ0v) is 9.29. The molecule has 1 saturated heterocycles. The molecule has 15 heavy (non-hydrogen) atoms. The van der Waals surface area contributed by atoms with Crippen molar-refractivity contribution in [1.29, 1.82) is 0 Å². The molecular weight excluding hydrogens is 190 g/mol. The molecule has 0 bridgehead atoms. The van der Waals surface area contributed by atoms with Crippen molar-refractivity contribution in [1.82, 2.24) is 15.3 Å². The minimum absolute atomic E-state index is 0.222. The number of hydrogen-bond acceptors (Lipinski definition) is 4. The van der Waals surface area contributed by atoms with Crippen LogP contribution in [0.15, 0.2) is 6.07 Å². The third-order valence-electron chi connectivity index (χ3n) is 2.49. The number of ether oxygens (including phenoxy) is 1. The van der Waals surface area contributed by atoms with E-state index < -0.39 is 0 Å². The maximum Gasteiger partial charge on any atom is 0.317 e. The first-order valence-corrected chi connectivity index (χ1v) is 5.44. The number of nitrogens with zero attached hydrogens (tertiary/aromatic N) is 2. The molecule has 0 spiro atoms.